The van der Waals surface area contributed by atoms with E-state index >= 15 is 0 Å². The van der Waals surface area contributed by atoms with Crippen molar-refractivity contribution in [3.05, 3.63) is 158 Å². The zero-order valence-electron chi connectivity index (χ0n) is 23.0. The first-order valence-electron chi connectivity index (χ1n) is 14.6. The number of hydrogen-bond acceptors (Lipinski definition) is 0. The topological polar surface area (TPSA) is 0 Å². The molecule has 194 valence electrons. The molecular formula is C42H26. The Morgan fingerprint density at radius 3 is 1.33 bits per heavy atom. The van der Waals surface area contributed by atoms with Crippen molar-refractivity contribution < 1.29 is 0 Å². The fourth-order valence-corrected chi connectivity index (χ4v) is 7.16. The maximum atomic E-state index is 2.40. The molecule has 0 nitrogen and oxygen atoms in total. The number of rotatable bonds is 2. The maximum absolute atomic E-state index is 2.40. The van der Waals surface area contributed by atoms with Crippen molar-refractivity contribution in [3.63, 3.8) is 0 Å². The molecule has 0 radical (unpaired) electrons. The fourth-order valence-electron chi connectivity index (χ4n) is 7.16. The molecule has 0 saturated carbocycles. The summed E-state index contributed by atoms with van der Waals surface area (Å²) in [4.78, 5) is 0. The maximum Gasteiger partial charge on any atom is -0.00199 e. The van der Waals surface area contributed by atoms with Crippen LogP contribution in [0.5, 0.6) is 0 Å². The molecule has 0 fully saturated rings. The lowest BCUT2D eigenvalue weighted by molar-refractivity contribution is 1.69. The van der Waals surface area contributed by atoms with Gasteiger partial charge in [-0.15, -0.1) is 0 Å². The second-order valence-electron chi connectivity index (χ2n) is 11.3. The van der Waals surface area contributed by atoms with Crippen LogP contribution in [0.4, 0.5) is 0 Å². The summed E-state index contributed by atoms with van der Waals surface area (Å²) in [6.45, 7) is 0. The molecule has 0 amide bonds. The molecule has 0 bridgehead atoms. The molecule has 0 N–H and O–H groups in total. The van der Waals surface area contributed by atoms with E-state index in [1.807, 2.05) is 0 Å². The molecule has 0 spiro atoms. The van der Waals surface area contributed by atoms with Gasteiger partial charge in [0.2, 0.25) is 0 Å². The molecule has 9 aromatic carbocycles. The van der Waals surface area contributed by atoms with E-state index in [-0.39, 0.29) is 0 Å². The Balaban J connectivity index is 1.41. The van der Waals surface area contributed by atoms with Gasteiger partial charge < -0.3 is 0 Å². The smallest absolute Gasteiger partial charge is 0.00199 e. The molecule has 9 rings (SSSR count). The van der Waals surface area contributed by atoms with Gasteiger partial charge in [0.15, 0.2) is 0 Å². The lowest BCUT2D eigenvalue weighted by Gasteiger charge is -2.20. The first-order valence-corrected chi connectivity index (χ1v) is 14.6. The highest BCUT2D eigenvalue weighted by Gasteiger charge is 2.19. The Kier molecular flexibility index (Phi) is 5.00. The van der Waals surface area contributed by atoms with Crippen molar-refractivity contribution in [2.75, 3.05) is 0 Å². The average Bonchev–Trinajstić information content (AvgIpc) is 3.06. The minimum atomic E-state index is 1.25. The van der Waals surface area contributed by atoms with Gasteiger partial charge in [0.1, 0.15) is 0 Å². The Morgan fingerprint density at radius 2 is 0.667 bits per heavy atom. The van der Waals surface area contributed by atoms with Gasteiger partial charge in [0.05, 0.1) is 0 Å². The van der Waals surface area contributed by atoms with E-state index in [2.05, 4.69) is 158 Å². The van der Waals surface area contributed by atoms with E-state index in [0.717, 1.165) is 0 Å². The van der Waals surface area contributed by atoms with Crippen molar-refractivity contribution in [1.82, 2.24) is 0 Å². The summed E-state index contributed by atoms with van der Waals surface area (Å²) in [6.07, 6.45) is 0. The van der Waals surface area contributed by atoms with Gasteiger partial charge in [-0.3, -0.25) is 0 Å². The molecule has 0 unspecified atom stereocenters. The van der Waals surface area contributed by atoms with Crippen LogP contribution in [0.25, 0.3) is 86.9 Å². The lowest BCUT2D eigenvalue weighted by atomic mass is 9.83. The summed E-state index contributed by atoms with van der Waals surface area (Å²) in [5.41, 5.74) is 5.14. The van der Waals surface area contributed by atoms with E-state index in [0.29, 0.717) is 0 Å². The Morgan fingerprint density at radius 1 is 0.238 bits per heavy atom. The largest absolute Gasteiger partial charge is 0.0616 e. The first kappa shape index (κ1) is 23.3. The van der Waals surface area contributed by atoms with Crippen LogP contribution in [0.2, 0.25) is 0 Å². The van der Waals surface area contributed by atoms with E-state index in [4.69, 9.17) is 0 Å². The van der Waals surface area contributed by atoms with Gasteiger partial charge in [0, 0.05) is 0 Å². The summed E-state index contributed by atoms with van der Waals surface area (Å²) in [5, 5.41) is 15.4. The van der Waals surface area contributed by atoms with E-state index < -0.39 is 0 Å². The summed E-state index contributed by atoms with van der Waals surface area (Å²) >= 11 is 0. The van der Waals surface area contributed by atoms with Crippen LogP contribution in [-0.2, 0) is 0 Å². The van der Waals surface area contributed by atoms with Crippen LogP contribution in [0, 0.1) is 0 Å². The molecule has 0 aliphatic rings. The van der Waals surface area contributed by atoms with Crippen molar-refractivity contribution >= 4 is 64.6 Å². The normalized spacial score (nSPS) is 11.8. The summed E-state index contributed by atoms with van der Waals surface area (Å²) in [5.74, 6) is 0. The molecule has 0 saturated heterocycles. The third-order valence-corrected chi connectivity index (χ3v) is 9.00. The second-order valence-corrected chi connectivity index (χ2v) is 11.3. The van der Waals surface area contributed by atoms with Crippen LogP contribution >= 0.6 is 0 Å². The van der Waals surface area contributed by atoms with Crippen molar-refractivity contribution in [3.8, 4) is 22.3 Å². The second kappa shape index (κ2) is 9.03. The predicted molar refractivity (Wildman–Crippen MR) is 182 cm³/mol. The van der Waals surface area contributed by atoms with Crippen LogP contribution in [0.3, 0.4) is 0 Å². The fraction of sp³-hybridized carbons (Fsp3) is 0. The quantitative estimate of drug-likeness (QED) is 0.154. The zero-order valence-corrected chi connectivity index (χ0v) is 23.0. The first-order chi connectivity index (χ1) is 20.8. The minimum Gasteiger partial charge on any atom is -0.0616 e. The number of fused-ring (bicyclic) bond motifs is 8. The van der Waals surface area contributed by atoms with Gasteiger partial charge >= 0.3 is 0 Å². The SMILES string of the molecule is c1ccc2c(c1)ccc1cc(-c3c4ccccc4c(-c4cc5ccccc5c5ccccc45)c4ccccc34)ccc12. The zero-order chi connectivity index (χ0) is 27.6. The molecule has 9 aromatic rings. The molecule has 0 heterocycles. The van der Waals surface area contributed by atoms with E-state index in [1.54, 1.807) is 0 Å². The van der Waals surface area contributed by atoms with E-state index in [9.17, 15) is 0 Å². The standard InChI is InChI=1S/C42H26/c1-3-13-31-27(11-1)21-22-29-25-30(23-24-33(29)31)41-36-17-7-9-19-38(36)42(39-20-10-8-18-37(39)41)40-26-28-12-2-4-14-32(28)34-15-5-6-16-35(34)40/h1-26H. The third kappa shape index (κ3) is 3.36. The molecule has 0 aliphatic heterocycles. The monoisotopic (exact) mass is 530 g/mol. The summed E-state index contributed by atoms with van der Waals surface area (Å²) < 4.78 is 0. The average molecular weight is 531 g/mol. The Bertz CT molecular complexity index is 2460. The molecule has 0 heteroatoms. The Hall–Kier alpha value is -5.46. The van der Waals surface area contributed by atoms with Crippen LogP contribution in [0.1, 0.15) is 0 Å². The van der Waals surface area contributed by atoms with Crippen molar-refractivity contribution in [1.29, 1.82) is 0 Å². The molecule has 42 heavy (non-hydrogen) atoms. The van der Waals surface area contributed by atoms with Crippen molar-refractivity contribution in [2.45, 2.75) is 0 Å². The summed E-state index contributed by atoms with van der Waals surface area (Å²) in [7, 11) is 0. The summed E-state index contributed by atoms with van der Waals surface area (Å²) in [6, 6.07) is 58.1. The van der Waals surface area contributed by atoms with Gasteiger partial charge in [0.25, 0.3) is 0 Å². The highest BCUT2D eigenvalue weighted by molar-refractivity contribution is 6.26. The van der Waals surface area contributed by atoms with Gasteiger partial charge in [-0.2, -0.15) is 0 Å². The van der Waals surface area contributed by atoms with Gasteiger partial charge in [-0.25, -0.2) is 0 Å². The predicted octanol–water partition coefficient (Wildman–Crippen LogP) is 11.9. The lowest BCUT2D eigenvalue weighted by Crippen LogP contribution is -1.92. The highest BCUT2D eigenvalue weighted by atomic mass is 14.2. The third-order valence-electron chi connectivity index (χ3n) is 9.00. The van der Waals surface area contributed by atoms with Crippen LogP contribution < -0.4 is 0 Å². The molecule has 0 aromatic heterocycles. The molecular weight excluding hydrogens is 504 g/mol. The highest BCUT2D eigenvalue weighted by Crippen LogP contribution is 2.46. The number of hydrogen-bond donors (Lipinski definition) is 0. The van der Waals surface area contributed by atoms with E-state index in [1.165, 1.54) is 86.9 Å². The van der Waals surface area contributed by atoms with Crippen molar-refractivity contribution in [2.24, 2.45) is 0 Å². The van der Waals surface area contributed by atoms with Gasteiger partial charge in [-0.1, -0.05) is 146 Å². The number of benzene rings is 9. The van der Waals surface area contributed by atoms with Gasteiger partial charge in [-0.05, 0) is 99.0 Å². The molecule has 0 aliphatic carbocycles. The molecule has 0 atom stereocenters. The van der Waals surface area contributed by atoms with Crippen LogP contribution in [-0.4, -0.2) is 0 Å². The minimum absolute atomic E-state index is 1.25. The van der Waals surface area contributed by atoms with Crippen LogP contribution in [0.15, 0.2) is 158 Å². The Labute approximate surface area is 244 Å².